The molecule has 3 heteroatoms. The third-order valence-corrected chi connectivity index (χ3v) is 2.23. The Kier molecular flexibility index (Phi) is 5.74. The first kappa shape index (κ1) is 12.1. The predicted octanol–water partition coefficient (Wildman–Crippen LogP) is 2.65. The Labute approximate surface area is 84.4 Å². The predicted molar refractivity (Wildman–Crippen MR) is 53.8 cm³/mol. The molecule has 0 aromatic heterocycles. The average Bonchev–Trinajstić information content (AvgIpc) is 2.04. The summed E-state index contributed by atoms with van der Waals surface area (Å²) in [4.78, 5) is 0. The van der Waals surface area contributed by atoms with Gasteiger partial charge in [-0.1, -0.05) is 11.8 Å². The first-order valence-electron chi connectivity index (χ1n) is 3.77. The number of rotatable bonds is 3. The van der Waals surface area contributed by atoms with Crippen molar-refractivity contribution in [3.05, 3.63) is 0 Å². The van der Waals surface area contributed by atoms with Crippen LogP contribution in [0.1, 0.15) is 20.3 Å². The second kappa shape index (κ2) is 5.70. The van der Waals surface area contributed by atoms with Gasteiger partial charge in [-0.15, -0.1) is 23.2 Å². The van der Waals surface area contributed by atoms with Crippen molar-refractivity contribution in [2.75, 3.05) is 13.0 Å². The highest BCUT2D eigenvalue weighted by molar-refractivity contribution is 6.28. The molecule has 0 aromatic rings. The standard InChI is InChI=1S/C9H14Cl2O/c1-9(2,12-3)6-4-5-8(11)7-10/h8H,5,7H2,1-3H3. The van der Waals surface area contributed by atoms with Crippen molar-refractivity contribution in [3.63, 3.8) is 0 Å². The third kappa shape index (κ3) is 5.71. The molecule has 0 N–H and O–H groups in total. The van der Waals surface area contributed by atoms with E-state index in [1.54, 1.807) is 7.11 Å². The molecule has 1 nitrogen and oxygen atoms in total. The third-order valence-electron chi connectivity index (χ3n) is 1.39. The van der Waals surface area contributed by atoms with Crippen molar-refractivity contribution in [1.29, 1.82) is 0 Å². The van der Waals surface area contributed by atoms with Crippen LogP contribution in [0.2, 0.25) is 0 Å². The molecule has 0 aliphatic heterocycles. The van der Waals surface area contributed by atoms with Crippen molar-refractivity contribution >= 4 is 23.2 Å². The Morgan fingerprint density at radius 1 is 1.50 bits per heavy atom. The molecule has 0 saturated carbocycles. The minimum Gasteiger partial charge on any atom is -0.366 e. The fourth-order valence-electron chi connectivity index (χ4n) is 0.480. The van der Waals surface area contributed by atoms with Gasteiger partial charge in [0.1, 0.15) is 5.60 Å². The van der Waals surface area contributed by atoms with Gasteiger partial charge in [0.2, 0.25) is 0 Å². The van der Waals surface area contributed by atoms with Crippen molar-refractivity contribution in [2.45, 2.75) is 31.2 Å². The lowest BCUT2D eigenvalue weighted by atomic mass is 10.1. The van der Waals surface area contributed by atoms with E-state index in [0.717, 1.165) is 0 Å². The fraction of sp³-hybridized carbons (Fsp3) is 0.778. The topological polar surface area (TPSA) is 9.23 Å². The lowest BCUT2D eigenvalue weighted by Gasteiger charge is -2.14. The number of halogens is 2. The molecule has 0 bridgehead atoms. The Balaban J connectivity index is 3.87. The summed E-state index contributed by atoms with van der Waals surface area (Å²) in [5.74, 6) is 6.33. The van der Waals surface area contributed by atoms with E-state index >= 15 is 0 Å². The second-order valence-electron chi connectivity index (χ2n) is 2.97. The van der Waals surface area contributed by atoms with E-state index in [0.29, 0.717) is 12.3 Å². The van der Waals surface area contributed by atoms with Gasteiger partial charge in [0.15, 0.2) is 0 Å². The molecule has 0 aliphatic carbocycles. The Hall–Kier alpha value is 0.100. The largest absolute Gasteiger partial charge is 0.366 e. The maximum Gasteiger partial charge on any atom is 0.122 e. The Morgan fingerprint density at radius 2 is 2.08 bits per heavy atom. The molecular weight excluding hydrogens is 195 g/mol. The Bertz CT molecular complexity index is 179. The van der Waals surface area contributed by atoms with Gasteiger partial charge in [0.05, 0.1) is 5.38 Å². The molecule has 0 saturated heterocycles. The number of hydrogen-bond donors (Lipinski definition) is 0. The zero-order valence-electron chi connectivity index (χ0n) is 7.66. The van der Waals surface area contributed by atoms with Crippen LogP contribution >= 0.6 is 23.2 Å². The maximum absolute atomic E-state index is 5.76. The van der Waals surface area contributed by atoms with Crippen LogP contribution in [0.5, 0.6) is 0 Å². The summed E-state index contributed by atoms with van der Waals surface area (Å²) in [5, 5.41) is -0.0631. The Morgan fingerprint density at radius 3 is 2.50 bits per heavy atom. The van der Waals surface area contributed by atoms with Gasteiger partial charge in [-0.2, -0.15) is 0 Å². The highest BCUT2D eigenvalue weighted by Crippen LogP contribution is 2.06. The minimum atomic E-state index is -0.386. The smallest absolute Gasteiger partial charge is 0.122 e. The summed E-state index contributed by atoms with van der Waals surface area (Å²) in [6.07, 6.45) is 0.609. The van der Waals surface area contributed by atoms with Gasteiger partial charge in [0.25, 0.3) is 0 Å². The van der Waals surface area contributed by atoms with E-state index in [1.165, 1.54) is 0 Å². The van der Waals surface area contributed by atoms with Crippen LogP contribution in [0.25, 0.3) is 0 Å². The van der Waals surface area contributed by atoms with Gasteiger partial charge < -0.3 is 4.74 Å². The molecule has 0 amide bonds. The number of hydrogen-bond acceptors (Lipinski definition) is 1. The molecule has 70 valence electrons. The average molecular weight is 209 g/mol. The summed E-state index contributed by atoms with van der Waals surface area (Å²) >= 11 is 11.3. The van der Waals surface area contributed by atoms with Crippen LogP contribution in [0, 0.1) is 11.8 Å². The molecule has 12 heavy (non-hydrogen) atoms. The molecule has 1 unspecified atom stereocenters. The highest BCUT2D eigenvalue weighted by atomic mass is 35.5. The van der Waals surface area contributed by atoms with Gasteiger partial charge in [-0.25, -0.2) is 0 Å². The van der Waals surface area contributed by atoms with Crippen LogP contribution in [0.3, 0.4) is 0 Å². The van der Waals surface area contributed by atoms with E-state index in [-0.39, 0.29) is 11.0 Å². The highest BCUT2D eigenvalue weighted by Gasteiger charge is 2.10. The zero-order valence-corrected chi connectivity index (χ0v) is 9.17. The van der Waals surface area contributed by atoms with Gasteiger partial charge >= 0.3 is 0 Å². The summed E-state index contributed by atoms with van der Waals surface area (Å²) in [6.45, 7) is 3.81. The first-order valence-corrected chi connectivity index (χ1v) is 4.74. The van der Waals surface area contributed by atoms with Crippen molar-refractivity contribution in [3.8, 4) is 11.8 Å². The lowest BCUT2D eigenvalue weighted by molar-refractivity contribution is 0.0741. The van der Waals surface area contributed by atoms with E-state index in [1.807, 2.05) is 13.8 Å². The first-order chi connectivity index (χ1) is 5.52. The lowest BCUT2D eigenvalue weighted by Crippen LogP contribution is -2.19. The van der Waals surface area contributed by atoms with Crippen LogP contribution < -0.4 is 0 Å². The van der Waals surface area contributed by atoms with E-state index in [2.05, 4.69) is 11.8 Å². The summed E-state index contributed by atoms with van der Waals surface area (Å²) < 4.78 is 5.10. The maximum atomic E-state index is 5.76. The molecule has 0 aromatic carbocycles. The van der Waals surface area contributed by atoms with Crippen LogP contribution in [-0.4, -0.2) is 24.0 Å². The van der Waals surface area contributed by atoms with Crippen molar-refractivity contribution in [2.24, 2.45) is 0 Å². The fourth-order valence-corrected chi connectivity index (χ4v) is 0.666. The minimum absolute atomic E-state index is 0.0631. The SMILES string of the molecule is COC(C)(C)C#CCC(Cl)CCl. The summed E-state index contributed by atoms with van der Waals surface area (Å²) in [6, 6.07) is 0. The number of ether oxygens (including phenoxy) is 1. The van der Waals surface area contributed by atoms with Crippen LogP contribution in [-0.2, 0) is 4.74 Å². The monoisotopic (exact) mass is 208 g/mol. The van der Waals surface area contributed by atoms with Crippen LogP contribution in [0.15, 0.2) is 0 Å². The molecule has 0 rings (SSSR count). The molecule has 0 aliphatic rings. The molecule has 0 heterocycles. The van der Waals surface area contributed by atoms with Crippen molar-refractivity contribution in [1.82, 2.24) is 0 Å². The second-order valence-corrected chi connectivity index (χ2v) is 3.90. The van der Waals surface area contributed by atoms with Gasteiger partial charge in [-0.05, 0) is 13.8 Å². The van der Waals surface area contributed by atoms with Crippen LogP contribution in [0.4, 0.5) is 0 Å². The van der Waals surface area contributed by atoms with Gasteiger partial charge in [-0.3, -0.25) is 0 Å². The van der Waals surface area contributed by atoms with Crippen molar-refractivity contribution < 1.29 is 4.74 Å². The number of methoxy groups -OCH3 is 1. The molecule has 0 radical (unpaired) electrons. The molecule has 0 spiro atoms. The molecule has 0 fully saturated rings. The normalized spacial score (nSPS) is 13.4. The van der Waals surface area contributed by atoms with E-state index in [9.17, 15) is 0 Å². The number of alkyl halides is 2. The quantitative estimate of drug-likeness (QED) is 0.512. The molecule has 1 atom stereocenters. The molecular formula is C9H14Cl2O. The van der Waals surface area contributed by atoms with E-state index < -0.39 is 0 Å². The zero-order chi connectivity index (χ0) is 9.61. The summed E-state index contributed by atoms with van der Waals surface area (Å²) in [7, 11) is 1.63. The van der Waals surface area contributed by atoms with E-state index in [4.69, 9.17) is 27.9 Å². The summed E-state index contributed by atoms with van der Waals surface area (Å²) in [5.41, 5.74) is -0.386. The van der Waals surface area contributed by atoms with Gasteiger partial charge in [0, 0.05) is 19.4 Å².